The molecule has 2 aromatic rings. The Balaban J connectivity index is 2.21. The third-order valence-corrected chi connectivity index (χ3v) is 6.08. The number of hydrogen-bond donors (Lipinski definition) is 1. The van der Waals surface area contributed by atoms with Gasteiger partial charge >= 0.3 is 0 Å². The number of benzene rings is 2. The van der Waals surface area contributed by atoms with Crippen LogP contribution in [0.1, 0.15) is 51.2 Å². The molecule has 0 aliphatic rings. The Bertz CT molecular complexity index is 919. The molecule has 2 amide bonds. The number of ether oxygens (including phenoxy) is 2. The minimum atomic E-state index is -0.588. The Morgan fingerprint density at radius 3 is 2.52 bits per heavy atom. The van der Waals surface area contributed by atoms with Gasteiger partial charge in [0.25, 0.3) is 5.91 Å². The minimum Gasteiger partial charge on any atom is -0.497 e. The van der Waals surface area contributed by atoms with Crippen LogP contribution in [-0.4, -0.2) is 43.0 Å². The summed E-state index contributed by atoms with van der Waals surface area (Å²) in [4.78, 5) is 27.8. The minimum absolute atomic E-state index is 0.143. The molecular weight excluding hydrogens is 484 g/mol. The van der Waals surface area contributed by atoms with E-state index in [1.54, 1.807) is 12.0 Å². The smallest absolute Gasteiger partial charge is 0.261 e. The number of rotatable bonds is 13. The molecule has 0 radical (unpaired) electrons. The summed E-state index contributed by atoms with van der Waals surface area (Å²) in [6.07, 6.45) is 3.31. The zero-order chi connectivity index (χ0) is 24.2. The molecule has 1 unspecified atom stereocenters. The van der Waals surface area contributed by atoms with Crippen molar-refractivity contribution in [2.45, 2.75) is 59.0 Å². The number of nitrogens with one attached hydrogen (secondary N) is 1. The summed E-state index contributed by atoms with van der Waals surface area (Å²) in [5.41, 5.74) is 2.06. The Labute approximate surface area is 205 Å². The van der Waals surface area contributed by atoms with Gasteiger partial charge in [0.2, 0.25) is 5.91 Å². The number of methoxy groups -OCH3 is 1. The van der Waals surface area contributed by atoms with Crippen LogP contribution in [0.15, 0.2) is 46.9 Å². The highest BCUT2D eigenvalue weighted by molar-refractivity contribution is 9.10. The molecule has 0 heterocycles. The Kier molecular flexibility index (Phi) is 11.2. The Morgan fingerprint density at radius 1 is 1.09 bits per heavy atom. The van der Waals surface area contributed by atoms with Crippen molar-refractivity contribution < 1.29 is 19.1 Å². The predicted octanol–water partition coefficient (Wildman–Crippen LogP) is 5.12. The topological polar surface area (TPSA) is 67.9 Å². The maximum absolute atomic E-state index is 13.3. The van der Waals surface area contributed by atoms with E-state index in [1.165, 1.54) is 5.56 Å². The summed E-state index contributed by atoms with van der Waals surface area (Å²) in [6, 6.07) is 12.8. The van der Waals surface area contributed by atoms with Crippen LogP contribution in [0, 0.1) is 0 Å². The van der Waals surface area contributed by atoms with Gasteiger partial charge in [-0.3, -0.25) is 9.59 Å². The number of unbranched alkanes of at least 4 members (excludes halogenated alkanes) is 1. The summed E-state index contributed by atoms with van der Waals surface area (Å²) in [6.45, 7) is 6.79. The summed E-state index contributed by atoms with van der Waals surface area (Å²) in [5, 5.41) is 2.97. The normalized spacial score (nSPS) is 11.5. The van der Waals surface area contributed by atoms with Crippen molar-refractivity contribution in [2.24, 2.45) is 0 Å². The summed E-state index contributed by atoms with van der Waals surface area (Å²) in [7, 11) is 1.60. The van der Waals surface area contributed by atoms with Crippen LogP contribution in [0.4, 0.5) is 0 Å². The van der Waals surface area contributed by atoms with Crippen molar-refractivity contribution in [3.05, 3.63) is 58.1 Å². The Hall–Kier alpha value is -2.54. The number of nitrogens with zero attached hydrogens (tertiary/aromatic N) is 1. The highest BCUT2D eigenvalue weighted by Crippen LogP contribution is 2.26. The molecule has 0 aliphatic carbocycles. The molecule has 7 heteroatoms. The Morgan fingerprint density at radius 2 is 1.88 bits per heavy atom. The molecule has 1 atom stereocenters. The fourth-order valence-electron chi connectivity index (χ4n) is 3.50. The first-order valence-corrected chi connectivity index (χ1v) is 12.3. The van der Waals surface area contributed by atoms with Gasteiger partial charge in [0, 0.05) is 13.1 Å². The second-order valence-corrected chi connectivity index (χ2v) is 8.70. The van der Waals surface area contributed by atoms with E-state index in [0.717, 1.165) is 29.3 Å². The summed E-state index contributed by atoms with van der Waals surface area (Å²) >= 11 is 3.52. The monoisotopic (exact) mass is 518 g/mol. The second-order valence-electron chi connectivity index (χ2n) is 7.85. The molecular formula is C26H35BrN2O4. The number of hydrogen-bond acceptors (Lipinski definition) is 4. The van der Waals surface area contributed by atoms with Gasteiger partial charge in [-0.2, -0.15) is 0 Å². The summed E-state index contributed by atoms with van der Waals surface area (Å²) in [5.74, 6) is 0.913. The van der Waals surface area contributed by atoms with Crippen molar-refractivity contribution in [2.75, 3.05) is 20.3 Å². The molecule has 33 heavy (non-hydrogen) atoms. The predicted molar refractivity (Wildman–Crippen MR) is 135 cm³/mol. The van der Waals surface area contributed by atoms with Crippen LogP contribution in [0.2, 0.25) is 0 Å². The van der Waals surface area contributed by atoms with Crippen molar-refractivity contribution in [1.29, 1.82) is 0 Å². The molecule has 0 bridgehead atoms. The molecule has 0 aromatic heterocycles. The van der Waals surface area contributed by atoms with Crippen LogP contribution < -0.4 is 14.8 Å². The molecule has 2 aromatic carbocycles. The molecule has 6 nitrogen and oxygen atoms in total. The lowest BCUT2D eigenvalue weighted by Crippen LogP contribution is -2.50. The van der Waals surface area contributed by atoms with Crippen LogP contribution in [0.5, 0.6) is 11.5 Å². The van der Waals surface area contributed by atoms with Crippen molar-refractivity contribution in [1.82, 2.24) is 10.2 Å². The van der Waals surface area contributed by atoms with Gasteiger partial charge in [0.05, 0.1) is 11.6 Å². The van der Waals surface area contributed by atoms with Gasteiger partial charge < -0.3 is 19.7 Å². The fraction of sp³-hybridized carbons (Fsp3) is 0.462. The average molecular weight is 519 g/mol. The van der Waals surface area contributed by atoms with Crippen LogP contribution in [-0.2, 0) is 22.6 Å². The van der Waals surface area contributed by atoms with E-state index in [0.29, 0.717) is 24.5 Å². The first-order valence-electron chi connectivity index (χ1n) is 11.5. The quantitative estimate of drug-likeness (QED) is 0.373. The van der Waals surface area contributed by atoms with E-state index >= 15 is 0 Å². The van der Waals surface area contributed by atoms with Gasteiger partial charge in [0.1, 0.15) is 17.5 Å². The fourth-order valence-corrected chi connectivity index (χ4v) is 4.04. The number of carbonyl (C=O) groups excluding carboxylic acids is 2. The largest absolute Gasteiger partial charge is 0.497 e. The molecule has 2 rings (SSSR count). The van der Waals surface area contributed by atoms with E-state index < -0.39 is 6.04 Å². The highest BCUT2D eigenvalue weighted by Gasteiger charge is 2.29. The van der Waals surface area contributed by atoms with Gasteiger partial charge in [-0.15, -0.1) is 0 Å². The van der Waals surface area contributed by atoms with Gasteiger partial charge in [-0.05, 0) is 70.6 Å². The lowest BCUT2D eigenvalue weighted by Gasteiger charge is -2.30. The van der Waals surface area contributed by atoms with E-state index in [2.05, 4.69) is 35.1 Å². The molecule has 0 saturated carbocycles. The van der Waals surface area contributed by atoms with Gasteiger partial charge in [0.15, 0.2) is 6.61 Å². The molecule has 0 fully saturated rings. The number of carbonyl (C=O) groups is 2. The second kappa shape index (κ2) is 13.9. The van der Waals surface area contributed by atoms with Crippen molar-refractivity contribution in [3.8, 4) is 11.5 Å². The molecule has 0 spiro atoms. The van der Waals surface area contributed by atoms with E-state index in [1.807, 2.05) is 49.4 Å². The number of halogens is 1. The zero-order valence-electron chi connectivity index (χ0n) is 20.0. The van der Waals surface area contributed by atoms with Crippen molar-refractivity contribution in [3.63, 3.8) is 0 Å². The molecule has 0 saturated heterocycles. The molecule has 0 aliphatic heterocycles. The highest BCUT2D eigenvalue weighted by atomic mass is 79.9. The first-order chi connectivity index (χ1) is 15.9. The summed E-state index contributed by atoms with van der Waals surface area (Å²) < 4.78 is 12.0. The van der Waals surface area contributed by atoms with Crippen LogP contribution in [0.3, 0.4) is 0 Å². The van der Waals surface area contributed by atoms with E-state index in [-0.39, 0.29) is 25.0 Å². The van der Waals surface area contributed by atoms with Gasteiger partial charge in [-0.1, -0.05) is 45.4 Å². The third kappa shape index (κ3) is 8.07. The average Bonchev–Trinajstić information content (AvgIpc) is 2.83. The van der Waals surface area contributed by atoms with Crippen LogP contribution >= 0.6 is 15.9 Å². The maximum atomic E-state index is 13.3. The van der Waals surface area contributed by atoms with Crippen LogP contribution in [0.25, 0.3) is 0 Å². The van der Waals surface area contributed by atoms with Crippen molar-refractivity contribution >= 4 is 27.7 Å². The van der Waals surface area contributed by atoms with E-state index in [4.69, 9.17) is 9.47 Å². The standard InChI is InChI=1S/C26H35BrN2O4/c1-5-8-14-28-26(31)23(7-3)29(17-20-10-9-11-21(15-20)32-4)25(30)18-33-24-13-12-19(6-2)16-22(24)27/h9-13,15-16,23H,5-8,14,17-18H2,1-4H3,(H,28,31). The maximum Gasteiger partial charge on any atom is 0.261 e. The third-order valence-electron chi connectivity index (χ3n) is 5.46. The van der Waals surface area contributed by atoms with Gasteiger partial charge in [-0.25, -0.2) is 0 Å². The molecule has 180 valence electrons. The number of amides is 2. The first kappa shape index (κ1) is 26.7. The lowest BCUT2D eigenvalue weighted by atomic mass is 10.1. The lowest BCUT2D eigenvalue weighted by molar-refractivity contribution is -0.143. The zero-order valence-corrected chi connectivity index (χ0v) is 21.6. The molecule has 1 N–H and O–H groups in total. The number of aryl methyl sites for hydroxylation is 1. The van der Waals surface area contributed by atoms with E-state index in [9.17, 15) is 9.59 Å². The SMILES string of the molecule is CCCCNC(=O)C(CC)N(Cc1cccc(OC)c1)C(=O)COc1ccc(CC)cc1Br.